The lowest BCUT2D eigenvalue weighted by Gasteiger charge is -2.38. The van der Waals surface area contributed by atoms with Gasteiger partial charge in [-0.2, -0.15) is 4.98 Å². The van der Waals surface area contributed by atoms with Crippen LogP contribution in [0.25, 0.3) is 11.4 Å². The number of carbonyl (C=O) groups is 2. The summed E-state index contributed by atoms with van der Waals surface area (Å²) < 4.78 is 5.42. The number of halogens is 1. The zero-order valence-corrected chi connectivity index (χ0v) is 18.8. The van der Waals surface area contributed by atoms with Crippen LogP contribution in [0.1, 0.15) is 31.6 Å². The lowest BCUT2D eigenvalue weighted by Crippen LogP contribution is -2.51. The highest BCUT2D eigenvalue weighted by Crippen LogP contribution is 2.32. The normalized spacial score (nSPS) is 20.5. The molecular weight excluding hydrogens is 430 g/mol. The van der Waals surface area contributed by atoms with Gasteiger partial charge in [0.2, 0.25) is 23.5 Å². The van der Waals surface area contributed by atoms with Gasteiger partial charge in [0.05, 0.1) is 6.54 Å². The summed E-state index contributed by atoms with van der Waals surface area (Å²) in [7, 11) is 0. The van der Waals surface area contributed by atoms with Crippen molar-refractivity contribution in [2.24, 2.45) is 11.8 Å². The predicted molar refractivity (Wildman–Crippen MR) is 119 cm³/mol. The lowest BCUT2D eigenvalue weighted by atomic mass is 9.94. The van der Waals surface area contributed by atoms with Gasteiger partial charge in [-0.25, -0.2) is 0 Å². The van der Waals surface area contributed by atoms with Crippen LogP contribution >= 0.6 is 11.6 Å². The number of nitrogens with zero attached hydrogens (tertiary/aromatic N) is 5. The second-order valence-electron chi connectivity index (χ2n) is 8.99. The lowest BCUT2D eigenvalue weighted by molar-refractivity contribution is -0.142. The SMILES string of the molecule is O=C(C1CC1)N1CCC(C(=O)N2CCN(Cc3nc(-c4ccc(Cl)cc4)no3)CC2)CC1. The number of benzene rings is 1. The van der Waals surface area contributed by atoms with E-state index in [1.165, 1.54) is 0 Å². The van der Waals surface area contributed by atoms with Gasteiger partial charge in [-0.15, -0.1) is 0 Å². The first-order valence-electron chi connectivity index (χ1n) is 11.5. The fourth-order valence-corrected chi connectivity index (χ4v) is 4.67. The Morgan fingerprint density at radius 1 is 0.875 bits per heavy atom. The molecule has 170 valence electrons. The Bertz CT molecular complexity index is 958. The first kappa shape index (κ1) is 21.4. The number of piperazine rings is 1. The predicted octanol–water partition coefficient (Wildman–Crippen LogP) is 2.68. The summed E-state index contributed by atoms with van der Waals surface area (Å²) >= 11 is 5.93. The van der Waals surface area contributed by atoms with E-state index in [2.05, 4.69) is 15.0 Å². The largest absolute Gasteiger partial charge is 0.342 e. The quantitative estimate of drug-likeness (QED) is 0.686. The van der Waals surface area contributed by atoms with Crippen LogP contribution in [0.15, 0.2) is 28.8 Å². The molecule has 9 heteroatoms. The monoisotopic (exact) mass is 457 g/mol. The van der Waals surface area contributed by atoms with Crippen LogP contribution in [0, 0.1) is 11.8 Å². The molecule has 5 rings (SSSR count). The Kier molecular flexibility index (Phi) is 6.15. The molecule has 3 aliphatic rings. The highest BCUT2D eigenvalue weighted by atomic mass is 35.5. The van der Waals surface area contributed by atoms with Gasteiger partial charge in [-0.05, 0) is 49.9 Å². The number of hydrogen-bond acceptors (Lipinski definition) is 6. The van der Waals surface area contributed by atoms with Crippen molar-refractivity contribution in [3.8, 4) is 11.4 Å². The van der Waals surface area contributed by atoms with Gasteiger partial charge in [0.25, 0.3) is 0 Å². The molecule has 0 bridgehead atoms. The van der Waals surface area contributed by atoms with Crippen molar-refractivity contribution in [2.45, 2.75) is 32.2 Å². The standard InChI is InChI=1S/C23H28ClN5O3/c24-19-5-3-16(4-6-19)21-25-20(32-26-21)15-27-11-13-29(14-12-27)23(31)18-7-9-28(10-8-18)22(30)17-1-2-17/h3-6,17-18H,1-2,7-15H2. The van der Waals surface area contributed by atoms with Gasteiger partial charge >= 0.3 is 0 Å². The van der Waals surface area contributed by atoms with E-state index in [4.69, 9.17) is 16.1 Å². The van der Waals surface area contributed by atoms with Gasteiger partial charge in [0.15, 0.2) is 0 Å². The maximum absolute atomic E-state index is 13.0. The fraction of sp³-hybridized carbons (Fsp3) is 0.565. The number of carbonyl (C=O) groups excluding carboxylic acids is 2. The topological polar surface area (TPSA) is 82.8 Å². The van der Waals surface area contributed by atoms with E-state index < -0.39 is 0 Å². The second kappa shape index (κ2) is 9.19. The van der Waals surface area contributed by atoms with Crippen molar-refractivity contribution in [2.75, 3.05) is 39.3 Å². The molecule has 1 aromatic heterocycles. The van der Waals surface area contributed by atoms with E-state index in [1.54, 1.807) is 12.1 Å². The van der Waals surface area contributed by atoms with E-state index in [-0.39, 0.29) is 17.7 Å². The number of rotatable bonds is 5. The molecule has 1 saturated carbocycles. The van der Waals surface area contributed by atoms with Crippen molar-refractivity contribution in [3.05, 3.63) is 35.2 Å². The first-order chi connectivity index (χ1) is 15.6. The minimum Gasteiger partial charge on any atom is -0.342 e. The smallest absolute Gasteiger partial charge is 0.241 e. The number of piperidine rings is 1. The van der Waals surface area contributed by atoms with E-state index >= 15 is 0 Å². The molecule has 8 nitrogen and oxygen atoms in total. The zero-order chi connectivity index (χ0) is 22.1. The minimum absolute atomic E-state index is 0.0441. The third-order valence-corrected chi connectivity index (χ3v) is 6.95. The molecule has 2 aromatic rings. The van der Waals surface area contributed by atoms with Crippen LogP contribution in [0.3, 0.4) is 0 Å². The van der Waals surface area contributed by atoms with Crippen LogP contribution in [0.2, 0.25) is 5.02 Å². The molecule has 1 aromatic carbocycles. The van der Waals surface area contributed by atoms with Crippen molar-refractivity contribution >= 4 is 23.4 Å². The molecule has 3 heterocycles. The van der Waals surface area contributed by atoms with Crippen LogP contribution in [0.5, 0.6) is 0 Å². The molecule has 2 amide bonds. The maximum Gasteiger partial charge on any atom is 0.241 e. The summed E-state index contributed by atoms with van der Waals surface area (Å²) in [5, 5.41) is 4.74. The van der Waals surface area contributed by atoms with E-state index in [9.17, 15) is 9.59 Å². The van der Waals surface area contributed by atoms with Crippen molar-refractivity contribution in [1.82, 2.24) is 24.8 Å². The number of hydrogen-bond donors (Lipinski definition) is 0. The summed E-state index contributed by atoms with van der Waals surface area (Å²) in [5.74, 6) is 1.97. The Morgan fingerprint density at radius 2 is 1.47 bits per heavy atom. The minimum atomic E-state index is 0.0441. The second-order valence-corrected chi connectivity index (χ2v) is 9.43. The summed E-state index contributed by atoms with van der Waals surface area (Å²) in [6.07, 6.45) is 3.64. The third-order valence-electron chi connectivity index (χ3n) is 6.70. The zero-order valence-electron chi connectivity index (χ0n) is 18.1. The summed E-state index contributed by atoms with van der Waals surface area (Å²) in [6.45, 7) is 4.99. The summed E-state index contributed by atoms with van der Waals surface area (Å²) in [6, 6.07) is 7.34. The molecule has 0 spiro atoms. The van der Waals surface area contributed by atoms with Gasteiger partial charge in [0.1, 0.15) is 0 Å². The Hall–Kier alpha value is -2.45. The molecule has 0 atom stereocenters. The molecule has 2 aliphatic heterocycles. The van der Waals surface area contributed by atoms with Crippen molar-refractivity contribution in [3.63, 3.8) is 0 Å². The van der Waals surface area contributed by atoms with E-state index in [0.717, 1.165) is 57.4 Å². The summed E-state index contributed by atoms with van der Waals surface area (Å²) in [4.78, 5) is 35.9. The third kappa shape index (κ3) is 4.81. The molecule has 0 N–H and O–H groups in total. The Labute approximate surface area is 192 Å². The highest BCUT2D eigenvalue weighted by Gasteiger charge is 2.37. The average molecular weight is 458 g/mol. The Balaban J connectivity index is 1.08. The molecule has 1 aliphatic carbocycles. The van der Waals surface area contributed by atoms with Gasteiger partial charge in [0, 0.05) is 61.7 Å². The van der Waals surface area contributed by atoms with Crippen LogP contribution in [-0.2, 0) is 16.1 Å². The highest BCUT2D eigenvalue weighted by molar-refractivity contribution is 6.30. The average Bonchev–Trinajstić information content (AvgIpc) is 3.58. The first-order valence-corrected chi connectivity index (χ1v) is 11.8. The maximum atomic E-state index is 13.0. The summed E-state index contributed by atoms with van der Waals surface area (Å²) in [5.41, 5.74) is 0.865. The number of aromatic nitrogens is 2. The number of amides is 2. The van der Waals surface area contributed by atoms with Crippen LogP contribution in [0.4, 0.5) is 0 Å². The molecule has 0 unspecified atom stereocenters. The molecular formula is C23H28ClN5O3. The van der Waals surface area contributed by atoms with Gasteiger partial charge in [-0.3, -0.25) is 14.5 Å². The molecule has 32 heavy (non-hydrogen) atoms. The van der Waals surface area contributed by atoms with Crippen molar-refractivity contribution in [1.29, 1.82) is 0 Å². The molecule has 3 fully saturated rings. The van der Waals surface area contributed by atoms with E-state index in [0.29, 0.717) is 42.3 Å². The van der Waals surface area contributed by atoms with Gasteiger partial charge in [-0.1, -0.05) is 16.8 Å². The van der Waals surface area contributed by atoms with Crippen molar-refractivity contribution < 1.29 is 14.1 Å². The van der Waals surface area contributed by atoms with Crippen LogP contribution < -0.4 is 0 Å². The number of likely N-dealkylation sites (tertiary alicyclic amines) is 1. The molecule has 0 radical (unpaired) electrons. The van der Waals surface area contributed by atoms with Crippen LogP contribution in [-0.4, -0.2) is 75.9 Å². The van der Waals surface area contributed by atoms with Gasteiger partial charge < -0.3 is 14.3 Å². The van der Waals surface area contributed by atoms with E-state index in [1.807, 2.05) is 21.9 Å². The molecule has 2 saturated heterocycles. The fourth-order valence-electron chi connectivity index (χ4n) is 4.55. The Morgan fingerprint density at radius 3 is 2.09 bits per heavy atom.